The van der Waals surface area contributed by atoms with E-state index in [9.17, 15) is 60.7 Å². The summed E-state index contributed by atoms with van der Waals surface area (Å²) in [5, 5.41) is 119. The number of hydrogen-bond donors (Lipinski definition) is 12. The van der Waals surface area contributed by atoms with Crippen LogP contribution < -0.4 is 15.5 Å². The van der Waals surface area contributed by atoms with E-state index < -0.39 is 140 Å². The van der Waals surface area contributed by atoms with Gasteiger partial charge < -0.3 is 90.4 Å². The van der Waals surface area contributed by atoms with Gasteiger partial charge in [0.2, 0.25) is 5.91 Å². The molecule has 20 heteroatoms. The Morgan fingerprint density at radius 2 is 1.26 bits per heavy atom. The third kappa shape index (κ3) is 24.0. The van der Waals surface area contributed by atoms with Gasteiger partial charge in [0.25, 0.3) is 0 Å². The number of amides is 1. The van der Waals surface area contributed by atoms with E-state index in [-0.39, 0.29) is 44.6 Å². The van der Waals surface area contributed by atoms with E-state index in [1.807, 2.05) is 124 Å². The van der Waals surface area contributed by atoms with Gasteiger partial charge in [-0.25, -0.2) is 0 Å². The molecule has 19 atom stereocenters. The molecule has 20 nitrogen and oxygen atoms in total. The van der Waals surface area contributed by atoms with Crippen molar-refractivity contribution in [1.29, 1.82) is 0 Å². The normalized spacial score (nSPS) is 38.8. The van der Waals surface area contributed by atoms with Crippen LogP contribution in [0.1, 0.15) is 91.0 Å². The molecule has 2 bridgehead atoms. The summed E-state index contributed by atoms with van der Waals surface area (Å²) in [6, 6.07) is 6.89. The Labute approximate surface area is 479 Å². The van der Waals surface area contributed by atoms with Crippen molar-refractivity contribution in [2.24, 2.45) is 17.8 Å². The fourth-order valence-corrected chi connectivity index (χ4v) is 10.1. The van der Waals surface area contributed by atoms with Gasteiger partial charge in [-0.2, -0.15) is 0 Å². The summed E-state index contributed by atoms with van der Waals surface area (Å²) in [4.78, 5) is 30.8. The van der Waals surface area contributed by atoms with Gasteiger partial charge in [-0.15, -0.1) is 0 Å². The van der Waals surface area contributed by atoms with Crippen LogP contribution in [0.2, 0.25) is 0 Å². The second-order valence-corrected chi connectivity index (χ2v) is 22.6. The van der Waals surface area contributed by atoms with Crippen LogP contribution in [0, 0.1) is 17.8 Å². The van der Waals surface area contributed by atoms with Crippen molar-refractivity contribution in [2.45, 2.75) is 189 Å². The molecule has 0 unspecified atom stereocenters. The molecule has 2 fully saturated rings. The van der Waals surface area contributed by atoms with Crippen molar-refractivity contribution in [3.63, 3.8) is 0 Å². The Hall–Kier alpha value is -4.46. The van der Waals surface area contributed by atoms with E-state index in [2.05, 4.69) is 10.6 Å². The second kappa shape index (κ2) is 35.0. The molecular formula is C61H96N4O16. The van der Waals surface area contributed by atoms with E-state index in [1.54, 1.807) is 51.2 Å². The highest BCUT2D eigenvalue weighted by atomic mass is 16.7. The van der Waals surface area contributed by atoms with Gasteiger partial charge in [-0.3, -0.25) is 9.59 Å². The van der Waals surface area contributed by atoms with Crippen LogP contribution in [0.4, 0.5) is 5.69 Å². The summed E-state index contributed by atoms with van der Waals surface area (Å²) in [6.45, 7) is 8.13. The number of fused-ring (bicyclic) bond motifs is 2. The zero-order chi connectivity index (χ0) is 59.8. The molecule has 0 aliphatic carbocycles. The molecule has 3 heterocycles. The van der Waals surface area contributed by atoms with Crippen LogP contribution in [0.25, 0.3) is 0 Å². The first kappa shape index (κ1) is 69.0. The topological polar surface area (TPSA) is 304 Å². The highest BCUT2D eigenvalue weighted by Gasteiger charge is 2.51. The van der Waals surface area contributed by atoms with Gasteiger partial charge in [-0.1, -0.05) is 111 Å². The Morgan fingerprint density at radius 3 is 1.86 bits per heavy atom. The number of ether oxygens (including phenoxy) is 4. The number of carbonyl (C=O) groups is 2. The Balaban J connectivity index is 1.65. The molecule has 0 radical (unpaired) electrons. The average Bonchev–Trinajstić information content (AvgIpc) is 3.50. The van der Waals surface area contributed by atoms with E-state index in [4.69, 9.17) is 18.9 Å². The molecule has 3 aliphatic heterocycles. The summed E-state index contributed by atoms with van der Waals surface area (Å²) in [7, 11) is 7.67. The number of cyclic esters (lactones) is 1. The number of rotatable bonds is 11. The number of nitrogens with one attached hydrogen (secondary N) is 2. The van der Waals surface area contributed by atoms with Crippen molar-refractivity contribution < 1.29 is 79.6 Å². The molecule has 2 saturated heterocycles. The minimum atomic E-state index is -2.31. The molecule has 1 amide bonds. The lowest BCUT2D eigenvalue weighted by atomic mass is 9.82. The molecule has 4 rings (SSSR count). The highest BCUT2D eigenvalue weighted by molar-refractivity contribution is 5.80. The van der Waals surface area contributed by atoms with Gasteiger partial charge in [0.1, 0.15) is 12.2 Å². The zero-order valence-corrected chi connectivity index (χ0v) is 48.6. The maximum absolute atomic E-state index is 14.1. The summed E-state index contributed by atoms with van der Waals surface area (Å²) in [6.07, 6.45) is 5.84. The van der Waals surface area contributed by atoms with Crippen molar-refractivity contribution >= 4 is 17.6 Å². The van der Waals surface area contributed by atoms with Crippen molar-refractivity contribution in [2.75, 3.05) is 46.2 Å². The molecule has 12 N–H and O–H groups in total. The number of aliphatic hydroxyl groups excluding tert-OH is 9. The Kier molecular flexibility index (Phi) is 29.8. The maximum atomic E-state index is 14.1. The van der Waals surface area contributed by atoms with Crippen molar-refractivity contribution in [1.82, 2.24) is 15.5 Å². The van der Waals surface area contributed by atoms with Crippen LogP contribution in [-0.4, -0.2) is 207 Å². The number of carbonyl (C=O) groups excluding carboxylic acids is 2. The lowest BCUT2D eigenvalue weighted by Gasteiger charge is -2.46. The monoisotopic (exact) mass is 1140 g/mol. The van der Waals surface area contributed by atoms with Gasteiger partial charge in [0, 0.05) is 64.0 Å². The third-order valence-corrected chi connectivity index (χ3v) is 15.1. The zero-order valence-electron chi connectivity index (χ0n) is 48.6. The SMILES string of the molecule is C[C@@H]1[C@H](O)[C@@H](C)/C=C/C=C/C=C/C=C/C=C/C=C/C=C/[C@H](O[C@@H]2O[C@H](C)[C@@H](O)[C@H](NCc3ccc(N(C)C)cc3)[C@@H]2O)C[C@@H]2O[C@](O)(C[C@@H](O)[C@H](O)CC[C@@H](O)C[C@@H](O)C[C@@H](O)CC(=O)O[C@H]1C)C[C@H](O)[C@H]2C(=O)NCCCN(C)C. The average molecular weight is 1140 g/mol. The van der Waals surface area contributed by atoms with Crippen molar-refractivity contribution in [3.05, 3.63) is 115 Å². The molecule has 1 aromatic rings. The largest absolute Gasteiger partial charge is 0.462 e. The van der Waals surface area contributed by atoms with Crippen LogP contribution in [0.15, 0.2) is 109 Å². The van der Waals surface area contributed by atoms with Crippen LogP contribution in [0.3, 0.4) is 0 Å². The van der Waals surface area contributed by atoms with Crippen LogP contribution in [-0.2, 0) is 35.1 Å². The fourth-order valence-electron chi connectivity index (χ4n) is 10.1. The quantitative estimate of drug-likeness (QED) is 0.112. The third-order valence-electron chi connectivity index (χ3n) is 15.1. The number of anilines is 1. The Morgan fingerprint density at radius 1 is 0.679 bits per heavy atom. The number of esters is 1. The first-order chi connectivity index (χ1) is 38.4. The summed E-state index contributed by atoms with van der Waals surface area (Å²) in [5.74, 6) is -5.61. The highest BCUT2D eigenvalue weighted by Crippen LogP contribution is 2.38. The lowest BCUT2D eigenvalue weighted by Crippen LogP contribution is -2.63. The first-order valence-corrected chi connectivity index (χ1v) is 28.5. The van der Waals surface area contributed by atoms with E-state index in [0.29, 0.717) is 19.5 Å². The predicted molar refractivity (Wildman–Crippen MR) is 309 cm³/mol. The minimum Gasteiger partial charge on any atom is -0.462 e. The number of aliphatic hydroxyl groups is 10. The first-order valence-electron chi connectivity index (χ1n) is 28.5. The van der Waals surface area contributed by atoms with Gasteiger partial charge in [-0.05, 0) is 84.3 Å². The van der Waals surface area contributed by atoms with E-state index >= 15 is 0 Å². The summed E-state index contributed by atoms with van der Waals surface area (Å²) < 4.78 is 24.5. The van der Waals surface area contributed by atoms with Gasteiger partial charge in [0.15, 0.2) is 12.1 Å². The predicted octanol–water partition coefficient (Wildman–Crippen LogP) is 2.59. The number of hydrogen-bond acceptors (Lipinski definition) is 19. The smallest absolute Gasteiger partial charge is 0.308 e. The molecular weight excluding hydrogens is 1040 g/mol. The standard InChI is InChI=1S/C61H96N4O16/c1-39-22-19-17-15-13-11-9-10-12-14-16-18-20-23-48(80-60-58(75)55(57(74)42(4)79-60)63-38-43-24-26-44(27-25-43)65(7)8)35-52-54(59(76)62-30-21-31-64(5)6)51(71)37-61(77,81-52)36-50(70)49(69)29-28-45(66)32-46(67)33-47(68)34-53(72)78-41(3)40(2)56(39)73/h9-20,22-27,39-42,45-52,54-58,60,63,66-71,73-75,77H,21,28-38H2,1-8H3,(H,62,76)/b10-9+,13-11+,14-12+,17-15+,18-16+,22-19+,23-20+/t39-,40-,41-,42+,45+,46+,47+,48-,49+,50+,51-,52-,54+,55-,56+,57+,58-,60-,61+/m0/s1. The molecule has 0 saturated carbocycles. The van der Waals surface area contributed by atoms with Crippen LogP contribution in [0.5, 0.6) is 0 Å². The van der Waals surface area contributed by atoms with E-state index in [1.165, 1.54) is 0 Å². The molecule has 456 valence electrons. The summed E-state index contributed by atoms with van der Waals surface area (Å²) >= 11 is 0. The Bertz CT molecular complexity index is 2220. The second-order valence-electron chi connectivity index (χ2n) is 22.6. The fraction of sp³-hybridized carbons (Fsp3) is 0.639. The summed E-state index contributed by atoms with van der Waals surface area (Å²) in [5.41, 5.74) is 1.91. The van der Waals surface area contributed by atoms with Crippen molar-refractivity contribution in [3.8, 4) is 0 Å². The lowest BCUT2D eigenvalue weighted by molar-refractivity contribution is -0.309. The number of nitrogens with zero attached hydrogens (tertiary/aromatic N) is 2. The minimum absolute atomic E-state index is 0.121. The molecule has 3 aliphatic rings. The van der Waals surface area contributed by atoms with Gasteiger partial charge in [0.05, 0.1) is 85.5 Å². The van der Waals surface area contributed by atoms with Crippen LogP contribution >= 0.6 is 0 Å². The van der Waals surface area contributed by atoms with Gasteiger partial charge >= 0.3 is 5.97 Å². The van der Waals surface area contributed by atoms with E-state index in [0.717, 1.165) is 11.3 Å². The molecule has 81 heavy (non-hydrogen) atoms. The molecule has 0 aromatic heterocycles. The maximum Gasteiger partial charge on any atom is 0.308 e. The number of allylic oxidation sites excluding steroid dienone is 12. The number of benzene rings is 1. The molecule has 0 spiro atoms. The molecule has 1 aromatic carbocycles.